The number of nitrogens with zero attached hydrogens (tertiary/aromatic N) is 5. The van der Waals surface area contributed by atoms with Gasteiger partial charge in [-0.1, -0.05) is 0 Å². The number of hydrogen-bond donors (Lipinski definition) is 1. The van der Waals surface area contributed by atoms with Crippen LogP contribution < -0.4 is 19.7 Å². The molecule has 1 saturated heterocycles. The first-order valence-corrected chi connectivity index (χ1v) is 10.5. The van der Waals surface area contributed by atoms with Gasteiger partial charge in [0, 0.05) is 44.0 Å². The maximum absolute atomic E-state index is 13.0. The number of ether oxygens (including phenoxy) is 2. The van der Waals surface area contributed by atoms with Gasteiger partial charge in [-0.25, -0.2) is 15.0 Å². The second kappa shape index (κ2) is 8.33. The van der Waals surface area contributed by atoms with Gasteiger partial charge >= 0.3 is 0 Å². The molecule has 1 N–H and O–H groups in total. The summed E-state index contributed by atoms with van der Waals surface area (Å²) < 4.78 is 10.7. The summed E-state index contributed by atoms with van der Waals surface area (Å²) >= 11 is 0. The standard InChI is InChI=1S/C23H24N6O3/c1-15-5-6-24-20(11-15)27-21-13-22(26-16(2)25-21)28-7-9-29(10-8-28)23(30)17-3-4-18-19(12-17)32-14-31-18/h3-6,11-13H,7-10,14H2,1-2H3,(H,24,25,26,27). The van der Waals surface area contributed by atoms with E-state index in [0.29, 0.717) is 54.9 Å². The minimum atomic E-state index is -0.00491. The van der Waals surface area contributed by atoms with E-state index in [9.17, 15) is 4.79 Å². The third-order valence-electron chi connectivity index (χ3n) is 5.51. The molecule has 1 aromatic carbocycles. The number of aromatic nitrogens is 3. The van der Waals surface area contributed by atoms with Crippen LogP contribution in [0.15, 0.2) is 42.6 Å². The minimum absolute atomic E-state index is 0.00491. The Labute approximate surface area is 186 Å². The number of benzene rings is 1. The maximum atomic E-state index is 13.0. The van der Waals surface area contributed by atoms with Crippen molar-refractivity contribution in [2.75, 3.05) is 43.2 Å². The van der Waals surface area contributed by atoms with E-state index in [-0.39, 0.29) is 12.7 Å². The van der Waals surface area contributed by atoms with Gasteiger partial charge in [0.15, 0.2) is 11.5 Å². The SMILES string of the molecule is Cc1ccnc(Nc2cc(N3CCN(C(=O)c4ccc5c(c4)OCO5)CC3)nc(C)n2)c1. The number of aryl methyl sites for hydroxylation is 2. The Bertz CT molecular complexity index is 1160. The molecule has 1 fully saturated rings. The average Bonchev–Trinajstić information content (AvgIpc) is 3.26. The second-order valence-corrected chi connectivity index (χ2v) is 7.85. The molecule has 0 saturated carbocycles. The van der Waals surface area contributed by atoms with Crippen molar-refractivity contribution in [3.63, 3.8) is 0 Å². The van der Waals surface area contributed by atoms with Crippen LogP contribution in [0.3, 0.4) is 0 Å². The molecular formula is C23H24N6O3. The number of nitrogens with one attached hydrogen (secondary N) is 1. The number of amides is 1. The Balaban J connectivity index is 1.26. The van der Waals surface area contributed by atoms with Gasteiger partial charge in [-0.2, -0.15) is 0 Å². The lowest BCUT2D eigenvalue weighted by atomic mass is 10.1. The van der Waals surface area contributed by atoms with Gasteiger partial charge in [0.2, 0.25) is 6.79 Å². The van der Waals surface area contributed by atoms with Crippen LogP contribution in [0, 0.1) is 13.8 Å². The number of piperazine rings is 1. The monoisotopic (exact) mass is 432 g/mol. The van der Waals surface area contributed by atoms with Gasteiger partial charge in [-0.3, -0.25) is 4.79 Å². The number of pyridine rings is 1. The van der Waals surface area contributed by atoms with Crippen LogP contribution in [0.5, 0.6) is 11.5 Å². The van der Waals surface area contributed by atoms with E-state index >= 15 is 0 Å². The summed E-state index contributed by atoms with van der Waals surface area (Å²) in [4.78, 5) is 30.4. The number of anilines is 3. The van der Waals surface area contributed by atoms with Gasteiger partial charge in [0.1, 0.15) is 23.3 Å². The van der Waals surface area contributed by atoms with Crippen molar-refractivity contribution >= 4 is 23.4 Å². The highest BCUT2D eigenvalue weighted by Gasteiger charge is 2.25. The van der Waals surface area contributed by atoms with Crippen LogP contribution in [0.25, 0.3) is 0 Å². The largest absolute Gasteiger partial charge is 0.454 e. The van der Waals surface area contributed by atoms with E-state index in [1.165, 1.54) is 0 Å². The smallest absolute Gasteiger partial charge is 0.254 e. The lowest BCUT2D eigenvalue weighted by Gasteiger charge is -2.35. The predicted octanol–water partition coefficient (Wildman–Crippen LogP) is 2.92. The third-order valence-corrected chi connectivity index (χ3v) is 5.51. The fourth-order valence-electron chi connectivity index (χ4n) is 3.86. The highest BCUT2D eigenvalue weighted by molar-refractivity contribution is 5.95. The molecule has 0 radical (unpaired) electrons. The van der Waals surface area contributed by atoms with E-state index < -0.39 is 0 Å². The Kier molecular flexibility index (Phi) is 5.22. The molecule has 0 spiro atoms. The first kappa shape index (κ1) is 20.0. The Morgan fingerprint density at radius 3 is 2.56 bits per heavy atom. The summed E-state index contributed by atoms with van der Waals surface area (Å²) in [5, 5.41) is 3.26. The van der Waals surface area contributed by atoms with Crippen molar-refractivity contribution in [2.24, 2.45) is 0 Å². The predicted molar refractivity (Wildman–Crippen MR) is 120 cm³/mol. The van der Waals surface area contributed by atoms with Gasteiger partial charge in [-0.15, -0.1) is 0 Å². The van der Waals surface area contributed by atoms with Gasteiger partial charge in [0.25, 0.3) is 5.91 Å². The second-order valence-electron chi connectivity index (χ2n) is 7.85. The summed E-state index contributed by atoms with van der Waals surface area (Å²) in [6.45, 7) is 6.69. The Morgan fingerprint density at radius 1 is 0.938 bits per heavy atom. The topological polar surface area (TPSA) is 92.7 Å². The molecular weight excluding hydrogens is 408 g/mol. The van der Waals surface area contributed by atoms with Crippen molar-refractivity contribution in [2.45, 2.75) is 13.8 Å². The zero-order chi connectivity index (χ0) is 22.1. The molecule has 0 unspecified atom stereocenters. The van der Waals surface area contributed by atoms with E-state index in [1.807, 2.05) is 36.9 Å². The molecule has 2 aliphatic heterocycles. The molecule has 5 rings (SSSR count). The van der Waals surface area contributed by atoms with E-state index in [2.05, 4.69) is 25.2 Å². The molecule has 0 aliphatic carbocycles. The van der Waals surface area contributed by atoms with Crippen molar-refractivity contribution in [3.8, 4) is 11.5 Å². The fraction of sp³-hybridized carbons (Fsp3) is 0.304. The normalized spacial score (nSPS) is 15.1. The summed E-state index contributed by atoms with van der Waals surface area (Å²) in [5.74, 6) is 4.25. The third kappa shape index (κ3) is 4.14. The molecule has 32 heavy (non-hydrogen) atoms. The fourth-order valence-corrected chi connectivity index (χ4v) is 3.86. The summed E-state index contributed by atoms with van der Waals surface area (Å²) in [7, 11) is 0. The van der Waals surface area contributed by atoms with Crippen LogP contribution >= 0.6 is 0 Å². The number of fused-ring (bicyclic) bond motifs is 1. The minimum Gasteiger partial charge on any atom is -0.454 e. The van der Waals surface area contributed by atoms with Crippen LogP contribution in [-0.2, 0) is 0 Å². The molecule has 9 nitrogen and oxygen atoms in total. The molecule has 3 aromatic rings. The van der Waals surface area contributed by atoms with Crippen molar-refractivity contribution in [1.82, 2.24) is 19.9 Å². The van der Waals surface area contributed by atoms with Crippen LogP contribution in [-0.4, -0.2) is 58.7 Å². The summed E-state index contributed by atoms with van der Waals surface area (Å²) in [6, 6.07) is 11.2. The van der Waals surface area contributed by atoms with Crippen molar-refractivity contribution in [3.05, 3.63) is 59.5 Å². The molecule has 0 bridgehead atoms. The molecule has 0 atom stereocenters. The lowest BCUT2D eigenvalue weighted by molar-refractivity contribution is 0.0746. The quantitative estimate of drug-likeness (QED) is 0.673. The molecule has 1 amide bonds. The van der Waals surface area contributed by atoms with Crippen LogP contribution in [0.2, 0.25) is 0 Å². The molecule has 164 valence electrons. The first-order chi connectivity index (χ1) is 15.5. The van der Waals surface area contributed by atoms with Gasteiger partial charge in [0.05, 0.1) is 0 Å². The summed E-state index contributed by atoms with van der Waals surface area (Å²) in [5.41, 5.74) is 1.73. The van der Waals surface area contributed by atoms with Gasteiger partial charge < -0.3 is 24.6 Å². The number of rotatable bonds is 4. The van der Waals surface area contributed by atoms with E-state index in [1.54, 1.807) is 24.4 Å². The van der Waals surface area contributed by atoms with E-state index in [4.69, 9.17) is 9.47 Å². The summed E-state index contributed by atoms with van der Waals surface area (Å²) in [6.07, 6.45) is 1.77. The number of carbonyl (C=O) groups is 1. The Morgan fingerprint density at radius 2 is 1.75 bits per heavy atom. The number of hydrogen-bond acceptors (Lipinski definition) is 8. The van der Waals surface area contributed by atoms with Gasteiger partial charge in [-0.05, 0) is 49.7 Å². The van der Waals surface area contributed by atoms with E-state index in [0.717, 1.165) is 17.2 Å². The van der Waals surface area contributed by atoms with Crippen molar-refractivity contribution < 1.29 is 14.3 Å². The maximum Gasteiger partial charge on any atom is 0.254 e. The average molecular weight is 432 g/mol. The molecule has 2 aliphatic rings. The van der Waals surface area contributed by atoms with Crippen LogP contribution in [0.4, 0.5) is 17.5 Å². The lowest BCUT2D eigenvalue weighted by Crippen LogP contribution is -2.49. The zero-order valence-electron chi connectivity index (χ0n) is 18.0. The highest BCUT2D eigenvalue weighted by atomic mass is 16.7. The van der Waals surface area contributed by atoms with Crippen molar-refractivity contribution in [1.29, 1.82) is 0 Å². The Hall–Kier alpha value is -3.88. The number of carbonyl (C=O) groups excluding carboxylic acids is 1. The zero-order valence-corrected chi connectivity index (χ0v) is 18.0. The molecule has 2 aromatic heterocycles. The molecule has 4 heterocycles. The highest BCUT2D eigenvalue weighted by Crippen LogP contribution is 2.33. The molecule has 9 heteroatoms. The van der Waals surface area contributed by atoms with Crippen LogP contribution in [0.1, 0.15) is 21.7 Å². The first-order valence-electron chi connectivity index (χ1n) is 10.5.